The lowest BCUT2D eigenvalue weighted by Crippen LogP contribution is -2.62. The molecule has 0 radical (unpaired) electrons. The average molecular weight is 466 g/mol. The van der Waals surface area contributed by atoms with Crippen molar-refractivity contribution in [1.29, 1.82) is 0 Å². The summed E-state index contributed by atoms with van der Waals surface area (Å²) in [5, 5.41) is 5.77. The second-order valence-electron chi connectivity index (χ2n) is 7.94. The van der Waals surface area contributed by atoms with Gasteiger partial charge in [0.25, 0.3) is 5.91 Å². The number of hydrogen-bond acceptors (Lipinski definition) is 7. The molecule has 1 aliphatic rings. The monoisotopic (exact) mass is 465 g/mol. The van der Waals surface area contributed by atoms with Gasteiger partial charge in [-0.25, -0.2) is 14.6 Å². The van der Waals surface area contributed by atoms with E-state index in [1.54, 1.807) is 32.6 Å². The van der Waals surface area contributed by atoms with Crippen LogP contribution in [0, 0.1) is 0 Å². The maximum atomic E-state index is 13.8. The number of benzene rings is 2. The van der Waals surface area contributed by atoms with Crippen LogP contribution in [-0.2, 0) is 30.3 Å². The number of hydrogen-bond donors (Lipinski definition) is 0. The molecule has 8 heteroatoms. The Hall–Kier alpha value is -3.68. The van der Waals surface area contributed by atoms with E-state index >= 15 is 0 Å². The molecule has 1 amide bonds. The summed E-state index contributed by atoms with van der Waals surface area (Å²) in [6, 6.07) is 16.3. The van der Waals surface area contributed by atoms with Gasteiger partial charge in [-0.1, -0.05) is 60.7 Å². The van der Waals surface area contributed by atoms with E-state index in [2.05, 4.69) is 5.10 Å². The summed E-state index contributed by atoms with van der Waals surface area (Å²) < 4.78 is 10.4. The number of esters is 2. The molecule has 2 unspecified atom stereocenters. The van der Waals surface area contributed by atoms with Crippen LogP contribution < -0.4 is 0 Å². The highest BCUT2D eigenvalue weighted by Crippen LogP contribution is 2.26. The van der Waals surface area contributed by atoms with E-state index in [-0.39, 0.29) is 19.1 Å². The first kappa shape index (κ1) is 25.0. The summed E-state index contributed by atoms with van der Waals surface area (Å²) >= 11 is 0. The number of nitrogens with zero attached hydrogens (tertiary/aromatic N) is 3. The summed E-state index contributed by atoms with van der Waals surface area (Å²) in [4.78, 5) is 40.8. The first-order chi connectivity index (χ1) is 16.4. The Kier molecular flexibility index (Phi) is 8.40. The third kappa shape index (κ3) is 5.44. The number of carbonyl (C=O) groups is 3. The van der Waals surface area contributed by atoms with Crippen molar-refractivity contribution in [1.82, 2.24) is 9.91 Å². The van der Waals surface area contributed by atoms with Gasteiger partial charge in [-0.3, -0.25) is 4.79 Å². The molecule has 0 spiro atoms. The van der Waals surface area contributed by atoms with Crippen LogP contribution in [0.3, 0.4) is 0 Å². The smallest absolute Gasteiger partial charge is 0.330 e. The van der Waals surface area contributed by atoms with Crippen LogP contribution in [0.1, 0.15) is 38.8 Å². The molecular weight excluding hydrogens is 434 g/mol. The summed E-state index contributed by atoms with van der Waals surface area (Å²) in [6.07, 6.45) is 0.321. The average Bonchev–Trinajstić information content (AvgIpc) is 2.85. The summed E-state index contributed by atoms with van der Waals surface area (Å²) in [5.74, 6) is -0.973. The number of rotatable bonds is 9. The molecule has 0 N–H and O–H groups in total. The summed E-state index contributed by atoms with van der Waals surface area (Å²) in [5.41, 5.74) is 1.63. The van der Waals surface area contributed by atoms with E-state index in [0.717, 1.165) is 5.56 Å². The Labute approximate surface area is 200 Å². The summed E-state index contributed by atoms with van der Waals surface area (Å²) in [6.45, 7) is 7.15. The second kappa shape index (κ2) is 11.4. The van der Waals surface area contributed by atoms with Gasteiger partial charge in [0.2, 0.25) is 0 Å². The molecule has 0 saturated heterocycles. The van der Waals surface area contributed by atoms with Crippen molar-refractivity contribution in [3.8, 4) is 0 Å². The van der Waals surface area contributed by atoms with Crippen molar-refractivity contribution < 1.29 is 23.9 Å². The molecule has 180 valence electrons. The molecule has 2 aromatic carbocycles. The standard InChI is InChI=1S/C26H31N3O5/c1-5-33-25(31)18(3)28-22(17-20-13-9-7-10-14-20)24(30)29(19(4)26(32)34-6-2)27-23(28)21-15-11-8-12-16-21/h7-16,18-19,22H,5-6,17H2,1-4H3/t18?,19?,22-/m0/s1. The minimum absolute atomic E-state index is 0.194. The first-order valence-electron chi connectivity index (χ1n) is 11.5. The van der Waals surface area contributed by atoms with Crippen molar-refractivity contribution in [2.24, 2.45) is 5.10 Å². The van der Waals surface area contributed by atoms with Crippen LogP contribution >= 0.6 is 0 Å². The molecule has 0 aromatic heterocycles. The van der Waals surface area contributed by atoms with Crippen molar-refractivity contribution in [3.63, 3.8) is 0 Å². The molecule has 0 aliphatic carbocycles. The highest BCUT2D eigenvalue weighted by molar-refractivity contribution is 6.06. The SMILES string of the molecule is CCOC(=O)C(C)N1N=C(c2ccccc2)N(C(C)C(=O)OCC)[C@@H](Cc2ccccc2)C1=O. The van der Waals surface area contributed by atoms with E-state index in [1.165, 1.54) is 5.01 Å². The fourth-order valence-corrected chi connectivity index (χ4v) is 3.91. The molecule has 3 atom stereocenters. The van der Waals surface area contributed by atoms with Gasteiger partial charge in [-0.15, -0.1) is 0 Å². The quantitative estimate of drug-likeness (QED) is 0.529. The first-order valence-corrected chi connectivity index (χ1v) is 11.5. The number of hydrazone groups is 1. The number of amidine groups is 1. The van der Waals surface area contributed by atoms with Gasteiger partial charge < -0.3 is 14.4 Å². The van der Waals surface area contributed by atoms with Crippen LogP contribution in [-0.4, -0.2) is 64.9 Å². The Morgan fingerprint density at radius 1 is 0.882 bits per heavy atom. The van der Waals surface area contributed by atoms with Gasteiger partial charge in [0.05, 0.1) is 13.2 Å². The topological polar surface area (TPSA) is 88.5 Å². The molecule has 3 rings (SSSR count). The zero-order valence-corrected chi connectivity index (χ0v) is 20.0. The van der Waals surface area contributed by atoms with Gasteiger partial charge in [-0.05, 0) is 33.3 Å². The van der Waals surface area contributed by atoms with Crippen molar-refractivity contribution in [2.75, 3.05) is 13.2 Å². The largest absolute Gasteiger partial charge is 0.464 e. The predicted molar refractivity (Wildman–Crippen MR) is 128 cm³/mol. The lowest BCUT2D eigenvalue weighted by Gasteiger charge is -2.43. The van der Waals surface area contributed by atoms with Crippen LogP contribution in [0.2, 0.25) is 0 Å². The minimum atomic E-state index is -0.926. The van der Waals surface area contributed by atoms with Crippen LogP contribution in [0.15, 0.2) is 65.8 Å². The fourth-order valence-electron chi connectivity index (χ4n) is 3.91. The van der Waals surface area contributed by atoms with Crippen molar-refractivity contribution in [3.05, 3.63) is 71.8 Å². The van der Waals surface area contributed by atoms with Crippen LogP contribution in [0.4, 0.5) is 0 Å². The van der Waals surface area contributed by atoms with Gasteiger partial charge in [0.15, 0.2) is 11.9 Å². The minimum Gasteiger partial charge on any atom is -0.464 e. The lowest BCUT2D eigenvalue weighted by molar-refractivity contribution is -0.158. The molecule has 1 aliphatic heterocycles. The highest BCUT2D eigenvalue weighted by Gasteiger charge is 2.44. The molecule has 34 heavy (non-hydrogen) atoms. The van der Waals surface area contributed by atoms with E-state index in [1.807, 2.05) is 60.7 Å². The van der Waals surface area contributed by atoms with E-state index in [9.17, 15) is 14.4 Å². The third-order valence-corrected chi connectivity index (χ3v) is 5.64. The maximum Gasteiger partial charge on any atom is 0.330 e. The van der Waals surface area contributed by atoms with Gasteiger partial charge in [-0.2, -0.15) is 5.10 Å². The Morgan fingerprint density at radius 3 is 1.97 bits per heavy atom. The molecular formula is C26H31N3O5. The van der Waals surface area contributed by atoms with E-state index in [0.29, 0.717) is 17.8 Å². The number of carbonyl (C=O) groups excluding carboxylic acids is 3. The normalized spacial score (nSPS) is 17.6. The van der Waals surface area contributed by atoms with Crippen LogP contribution in [0.5, 0.6) is 0 Å². The van der Waals surface area contributed by atoms with Gasteiger partial charge in [0.1, 0.15) is 12.1 Å². The van der Waals surface area contributed by atoms with E-state index in [4.69, 9.17) is 9.47 Å². The van der Waals surface area contributed by atoms with Crippen LogP contribution in [0.25, 0.3) is 0 Å². The molecule has 0 bridgehead atoms. The van der Waals surface area contributed by atoms with Crippen molar-refractivity contribution in [2.45, 2.75) is 52.2 Å². The lowest BCUT2D eigenvalue weighted by atomic mass is 9.98. The zero-order valence-electron chi connectivity index (χ0n) is 20.0. The Morgan fingerprint density at radius 2 is 1.41 bits per heavy atom. The highest BCUT2D eigenvalue weighted by atomic mass is 16.5. The molecule has 8 nitrogen and oxygen atoms in total. The van der Waals surface area contributed by atoms with Gasteiger partial charge >= 0.3 is 11.9 Å². The van der Waals surface area contributed by atoms with Gasteiger partial charge in [0, 0.05) is 12.0 Å². The molecule has 0 saturated carbocycles. The molecule has 2 aromatic rings. The Balaban J connectivity index is 2.14. The number of amides is 1. The second-order valence-corrected chi connectivity index (χ2v) is 7.94. The molecule has 0 fully saturated rings. The third-order valence-electron chi connectivity index (χ3n) is 5.64. The number of ether oxygens (including phenoxy) is 2. The van der Waals surface area contributed by atoms with Crippen molar-refractivity contribution >= 4 is 23.7 Å². The zero-order chi connectivity index (χ0) is 24.7. The maximum absolute atomic E-state index is 13.8. The Bertz CT molecular complexity index is 1030. The summed E-state index contributed by atoms with van der Waals surface area (Å²) in [7, 11) is 0. The van der Waals surface area contributed by atoms with E-state index < -0.39 is 30.1 Å². The fraction of sp³-hybridized carbons (Fsp3) is 0.385. The molecule has 1 heterocycles. The predicted octanol–water partition coefficient (Wildman–Crippen LogP) is 3.01.